The molecule has 3 aliphatic rings. The number of thiophene rings is 1. The Labute approximate surface area is 209 Å². The molecule has 176 valence electrons. The van der Waals surface area contributed by atoms with E-state index in [9.17, 15) is 9.59 Å². The van der Waals surface area contributed by atoms with E-state index in [-0.39, 0.29) is 24.1 Å². The number of carbonyl (C=O) groups excluding carboxylic acids is 2. The van der Waals surface area contributed by atoms with Gasteiger partial charge in [0.1, 0.15) is 23.3 Å². The monoisotopic (exact) mass is 515 g/mol. The Morgan fingerprint density at radius 2 is 2.18 bits per heavy atom. The van der Waals surface area contributed by atoms with Crippen LogP contribution in [0.5, 0.6) is 11.5 Å². The molecule has 0 radical (unpaired) electrons. The predicted molar refractivity (Wildman–Crippen MR) is 131 cm³/mol. The van der Waals surface area contributed by atoms with Crippen molar-refractivity contribution in [1.29, 1.82) is 0 Å². The van der Waals surface area contributed by atoms with E-state index in [1.54, 1.807) is 5.38 Å². The molecule has 4 heterocycles. The van der Waals surface area contributed by atoms with Gasteiger partial charge < -0.3 is 20.1 Å². The maximum atomic E-state index is 13.8. The van der Waals surface area contributed by atoms with Crippen LogP contribution in [0.1, 0.15) is 44.4 Å². The molecule has 2 aromatic heterocycles. The number of fused-ring (bicyclic) bond motifs is 2. The van der Waals surface area contributed by atoms with Crippen molar-refractivity contribution in [2.24, 2.45) is 11.7 Å². The Hall–Kier alpha value is -2.62. The minimum atomic E-state index is -0.519. The molecule has 1 aliphatic carbocycles. The van der Waals surface area contributed by atoms with Gasteiger partial charge in [-0.1, -0.05) is 23.7 Å². The lowest BCUT2D eigenvalue weighted by molar-refractivity contribution is 0.0483. The van der Waals surface area contributed by atoms with E-state index in [1.807, 2.05) is 36.1 Å². The highest BCUT2D eigenvalue weighted by molar-refractivity contribution is 7.15. The molecule has 2 aliphatic heterocycles. The SMILES string of the molecule is Cc1nc(C(=O)N2[C@H](CC3COc4c(csc4C(N)=O)O3)C[C@@H]3C[C@@H]32)c(-c2cccc(Cl)c2)s1. The summed E-state index contributed by atoms with van der Waals surface area (Å²) in [5.74, 6) is 0.966. The van der Waals surface area contributed by atoms with Gasteiger partial charge in [-0.05, 0) is 43.4 Å². The highest BCUT2D eigenvalue weighted by Gasteiger charge is 2.55. The van der Waals surface area contributed by atoms with Crippen molar-refractivity contribution in [3.8, 4) is 21.9 Å². The van der Waals surface area contributed by atoms with E-state index in [1.165, 1.54) is 22.7 Å². The number of piperidine rings is 1. The number of carbonyl (C=O) groups is 2. The third-order valence-electron chi connectivity index (χ3n) is 6.65. The van der Waals surface area contributed by atoms with Crippen LogP contribution in [0, 0.1) is 12.8 Å². The first-order chi connectivity index (χ1) is 16.4. The molecule has 10 heteroatoms. The van der Waals surface area contributed by atoms with Crippen LogP contribution in [0.2, 0.25) is 5.02 Å². The van der Waals surface area contributed by atoms with Gasteiger partial charge in [-0.2, -0.15) is 0 Å². The minimum Gasteiger partial charge on any atom is -0.484 e. The molecule has 1 saturated heterocycles. The normalized spacial score (nSPS) is 24.7. The first-order valence-corrected chi connectivity index (χ1v) is 13.2. The Morgan fingerprint density at radius 3 is 2.97 bits per heavy atom. The molecular weight excluding hydrogens is 494 g/mol. The first-order valence-electron chi connectivity index (χ1n) is 11.2. The van der Waals surface area contributed by atoms with Crippen LogP contribution in [-0.4, -0.2) is 46.5 Å². The Kier molecular flexibility index (Phi) is 5.31. The highest BCUT2D eigenvalue weighted by atomic mass is 35.5. The number of rotatable bonds is 5. The summed E-state index contributed by atoms with van der Waals surface area (Å²) in [7, 11) is 0. The zero-order valence-electron chi connectivity index (χ0n) is 18.3. The Morgan fingerprint density at radius 1 is 1.32 bits per heavy atom. The summed E-state index contributed by atoms with van der Waals surface area (Å²) in [6.07, 6.45) is 2.45. The van der Waals surface area contributed by atoms with Gasteiger partial charge in [-0.15, -0.1) is 22.7 Å². The number of halogens is 1. The molecule has 2 N–H and O–H groups in total. The van der Waals surface area contributed by atoms with Gasteiger partial charge in [0, 0.05) is 28.9 Å². The third kappa shape index (κ3) is 3.76. The van der Waals surface area contributed by atoms with Crippen LogP contribution in [0.3, 0.4) is 0 Å². The van der Waals surface area contributed by atoms with Crippen LogP contribution in [-0.2, 0) is 0 Å². The average Bonchev–Trinajstić information content (AvgIpc) is 3.12. The number of primary amides is 1. The maximum absolute atomic E-state index is 13.8. The minimum absolute atomic E-state index is 0.0294. The Bertz CT molecular complexity index is 1310. The fourth-order valence-corrected chi connectivity index (χ4v) is 7.00. The van der Waals surface area contributed by atoms with Crippen molar-refractivity contribution in [3.05, 3.63) is 50.2 Å². The molecule has 34 heavy (non-hydrogen) atoms. The number of thiazole rings is 1. The van der Waals surface area contributed by atoms with Gasteiger partial charge in [-0.3, -0.25) is 9.59 Å². The second-order valence-electron chi connectivity index (χ2n) is 9.00. The molecule has 2 amide bonds. The molecule has 2 fully saturated rings. The summed E-state index contributed by atoms with van der Waals surface area (Å²) < 4.78 is 12.0. The number of ether oxygens (including phenoxy) is 2. The molecule has 7 nitrogen and oxygen atoms in total. The summed E-state index contributed by atoms with van der Waals surface area (Å²) >= 11 is 8.95. The fraction of sp³-hybridized carbons (Fsp3) is 0.375. The largest absolute Gasteiger partial charge is 0.484 e. The Balaban J connectivity index is 1.23. The summed E-state index contributed by atoms with van der Waals surface area (Å²) in [6, 6.07) is 7.86. The average molecular weight is 516 g/mol. The van der Waals surface area contributed by atoms with Crippen molar-refractivity contribution in [3.63, 3.8) is 0 Å². The molecular formula is C24H22ClN3O4S2. The van der Waals surface area contributed by atoms with Gasteiger partial charge in [0.15, 0.2) is 11.5 Å². The van der Waals surface area contributed by atoms with Crippen LogP contribution in [0.15, 0.2) is 29.6 Å². The zero-order chi connectivity index (χ0) is 23.6. The van der Waals surface area contributed by atoms with Crippen LogP contribution < -0.4 is 15.2 Å². The van der Waals surface area contributed by atoms with Gasteiger partial charge in [0.25, 0.3) is 11.8 Å². The molecule has 4 atom stereocenters. The molecule has 1 aromatic carbocycles. The predicted octanol–water partition coefficient (Wildman–Crippen LogP) is 4.77. The number of aromatic nitrogens is 1. The number of benzene rings is 1. The second kappa shape index (κ2) is 8.25. The van der Waals surface area contributed by atoms with Gasteiger partial charge in [0.05, 0.1) is 9.88 Å². The van der Waals surface area contributed by atoms with Crippen molar-refractivity contribution in [2.75, 3.05) is 6.61 Å². The quantitative estimate of drug-likeness (QED) is 0.528. The topological polar surface area (TPSA) is 94.8 Å². The van der Waals surface area contributed by atoms with Crippen LogP contribution in [0.4, 0.5) is 0 Å². The number of amides is 2. The zero-order valence-corrected chi connectivity index (χ0v) is 20.7. The summed E-state index contributed by atoms with van der Waals surface area (Å²) in [4.78, 5) is 33.3. The van der Waals surface area contributed by atoms with E-state index in [0.29, 0.717) is 46.0 Å². The van der Waals surface area contributed by atoms with Crippen molar-refractivity contribution in [2.45, 2.75) is 44.4 Å². The van der Waals surface area contributed by atoms with Crippen molar-refractivity contribution < 1.29 is 19.1 Å². The fourth-order valence-electron chi connectivity index (χ4n) is 5.13. The smallest absolute Gasteiger partial charge is 0.274 e. The van der Waals surface area contributed by atoms with Crippen LogP contribution >= 0.6 is 34.3 Å². The third-order valence-corrected chi connectivity index (χ3v) is 8.86. The number of nitrogens with two attached hydrogens (primary N) is 1. The van der Waals surface area contributed by atoms with Crippen molar-refractivity contribution >= 4 is 46.1 Å². The molecule has 1 unspecified atom stereocenters. The van der Waals surface area contributed by atoms with Crippen molar-refractivity contribution in [1.82, 2.24) is 9.88 Å². The number of aryl methyl sites for hydroxylation is 1. The number of hydrogen-bond donors (Lipinski definition) is 1. The molecule has 6 rings (SSSR count). The molecule has 0 bridgehead atoms. The van der Waals surface area contributed by atoms with Gasteiger partial charge in [-0.25, -0.2) is 4.98 Å². The first kappa shape index (κ1) is 21.9. The van der Waals surface area contributed by atoms with Crippen LogP contribution in [0.25, 0.3) is 10.4 Å². The van der Waals surface area contributed by atoms with Gasteiger partial charge in [0.2, 0.25) is 0 Å². The summed E-state index contributed by atoms with van der Waals surface area (Å²) in [5.41, 5.74) is 6.82. The maximum Gasteiger partial charge on any atom is 0.274 e. The lowest BCUT2D eigenvalue weighted by atomic mass is 10.0. The molecule has 1 saturated carbocycles. The lowest BCUT2D eigenvalue weighted by Crippen LogP contribution is -2.43. The van der Waals surface area contributed by atoms with E-state index in [2.05, 4.69) is 4.98 Å². The summed E-state index contributed by atoms with van der Waals surface area (Å²) in [5, 5.41) is 3.23. The second-order valence-corrected chi connectivity index (χ2v) is 11.5. The standard InChI is InChI=1S/C24H22ClN3O4S2/c1-11-27-19(21(34-11)12-3-2-4-14(25)5-12)24(30)28-15(6-13-7-17(13)28)8-16-9-31-20-18(32-16)10-33-22(20)23(26)29/h2-5,10,13,15-17H,6-9H2,1H3,(H2,26,29)/t13-,15+,16?,17+/m1/s1. The summed E-state index contributed by atoms with van der Waals surface area (Å²) in [6.45, 7) is 2.24. The number of likely N-dealkylation sites (tertiary alicyclic amines) is 1. The number of nitrogens with zero attached hydrogens (tertiary/aromatic N) is 2. The van der Waals surface area contributed by atoms with E-state index in [0.717, 1.165) is 28.3 Å². The van der Waals surface area contributed by atoms with Gasteiger partial charge >= 0.3 is 0 Å². The van der Waals surface area contributed by atoms with E-state index in [4.69, 9.17) is 26.8 Å². The molecule has 3 aromatic rings. The lowest BCUT2D eigenvalue weighted by Gasteiger charge is -2.32. The van der Waals surface area contributed by atoms with E-state index < -0.39 is 5.91 Å². The van der Waals surface area contributed by atoms with E-state index >= 15 is 0 Å². The number of hydrogen-bond acceptors (Lipinski definition) is 7. The highest BCUT2D eigenvalue weighted by Crippen LogP contribution is 2.50. The molecule has 0 spiro atoms.